The summed E-state index contributed by atoms with van der Waals surface area (Å²) in [6.07, 6.45) is 0. The molecule has 0 saturated carbocycles. The van der Waals surface area contributed by atoms with Gasteiger partial charge >= 0.3 is 39.7 Å². The molecule has 72 valence electrons. The number of carboxylic acid groups (broad SMARTS) is 1. The summed E-state index contributed by atoms with van der Waals surface area (Å²) in [5, 5.41) is 10.3. The number of carbonyl (C=O) groups excluding carboxylic acids is 1. The Hall–Kier alpha value is 0.370. The fraction of sp³-hybridized carbons (Fsp3) is 0. The normalized spacial score (nSPS) is 10.7. The number of carboxylic acids is 1. The first kappa shape index (κ1) is 14.4. The fourth-order valence-electron chi connectivity index (χ4n) is 0.679. The number of thiophene rings is 1. The van der Waals surface area contributed by atoms with Gasteiger partial charge in [0.2, 0.25) is 0 Å². The van der Waals surface area contributed by atoms with E-state index in [4.69, 9.17) is 16.2 Å². The van der Waals surface area contributed by atoms with Crippen LogP contribution in [0.5, 0.6) is 0 Å². The third-order valence-electron chi connectivity index (χ3n) is 1.12. The van der Waals surface area contributed by atoms with Crippen molar-refractivity contribution in [2.24, 2.45) is 0 Å². The van der Waals surface area contributed by atoms with Gasteiger partial charge in [0.05, 0.1) is 10.3 Å². The molecule has 0 aliphatic carbocycles. The molecular formula is C5H2ClNaO5S2. The minimum absolute atomic E-state index is 0. The van der Waals surface area contributed by atoms with Gasteiger partial charge in [0.1, 0.15) is 0 Å². The first-order valence-corrected chi connectivity index (χ1v) is 5.44. The molecule has 0 radical (unpaired) electrons. The Kier molecular flexibility index (Phi) is 5.06. The Morgan fingerprint density at radius 2 is 2.07 bits per heavy atom. The quantitative estimate of drug-likeness (QED) is 0.454. The van der Waals surface area contributed by atoms with Crippen LogP contribution < -0.4 is 34.7 Å². The predicted molar refractivity (Wildman–Crippen MR) is 43.5 cm³/mol. The largest absolute Gasteiger partial charge is 1.00 e. The molecule has 1 N–H and O–H groups in total. The van der Waals surface area contributed by atoms with Gasteiger partial charge in [0.25, 0.3) is 0 Å². The molecule has 0 aromatic carbocycles. The molecule has 1 aromatic heterocycles. The zero-order valence-electron chi connectivity index (χ0n) is 6.85. The zero-order valence-corrected chi connectivity index (χ0v) is 11.2. The Balaban J connectivity index is 0.00000169. The monoisotopic (exact) mass is 264 g/mol. The van der Waals surface area contributed by atoms with E-state index in [0.717, 1.165) is 6.07 Å². The summed E-state index contributed by atoms with van der Waals surface area (Å²) in [6, 6.07) is 0.907. The van der Waals surface area contributed by atoms with E-state index in [9.17, 15) is 18.3 Å². The minimum atomic E-state index is -4.54. The summed E-state index contributed by atoms with van der Waals surface area (Å²) < 4.78 is 29.0. The van der Waals surface area contributed by atoms with Crippen LogP contribution in [-0.2, 0) is 10.1 Å². The molecule has 1 heterocycles. The maximum atomic E-state index is 10.6. The van der Waals surface area contributed by atoms with Crippen molar-refractivity contribution in [2.75, 3.05) is 0 Å². The molecule has 0 bridgehead atoms. The molecule has 14 heavy (non-hydrogen) atoms. The summed E-state index contributed by atoms with van der Waals surface area (Å²) in [6.45, 7) is 0. The van der Waals surface area contributed by atoms with Crippen molar-refractivity contribution < 1.29 is 52.4 Å². The summed E-state index contributed by atoms with van der Waals surface area (Å²) in [4.78, 5) is 10.3. The van der Waals surface area contributed by atoms with Gasteiger partial charge in [-0.15, -0.1) is 11.3 Å². The van der Waals surface area contributed by atoms with E-state index < -0.39 is 25.9 Å². The zero-order chi connectivity index (χ0) is 10.2. The van der Waals surface area contributed by atoms with Crippen LogP contribution in [0, 0.1) is 0 Å². The van der Waals surface area contributed by atoms with Gasteiger partial charge < -0.3 is 9.90 Å². The third kappa shape index (κ3) is 3.20. The standard InChI is InChI=1S/C5H3ClO5S2.Na/c6-3-1-2(4(7)8)5(12-3)13(9,10)11;/h1H,(H,7,8)(H,9,10,11);/q;+1/p-1. The van der Waals surface area contributed by atoms with Gasteiger partial charge in [-0.1, -0.05) is 11.6 Å². The second-order valence-electron chi connectivity index (χ2n) is 2.01. The second-order valence-corrected chi connectivity index (χ2v) is 5.31. The average Bonchev–Trinajstić information content (AvgIpc) is 2.29. The van der Waals surface area contributed by atoms with Crippen LogP contribution in [0.1, 0.15) is 10.4 Å². The Bertz CT molecular complexity index is 451. The molecule has 9 heteroatoms. The van der Waals surface area contributed by atoms with Crippen LogP contribution in [0.2, 0.25) is 4.34 Å². The average molecular weight is 265 g/mol. The Labute approximate surface area is 111 Å². The molecule has 5 nitrogen and oxygen atoms in total. The van der Waals surface area contributed by atoms with Crippen LogP contribution in [0.25, 0.3) is 0 Å². The SMILES string of the molecule is O=C([O-])c1cc(Cl)sc1S(=O)(=O)O.[Na+]. The smallest absolute Gasteiger partial charge is 0.545 e. The molecule has 0 atom stereocenters. The second kappa shape index (κ2) is 4.93. The number of hydrogen-bond acceptors (Lipinski definition) is 5. The molecule has 0 aliphatic rings. The number of rotatable bonds is 2. The number of halogens is 1. The van der Waals surface area contributed by atoms with Gasteiger partial charge in [0.15, 0.2) is 4.21 Å². The van der Waals surface area contributed by atoms with E-state index in [1.807, 2.05) is 0 Å². The topological polar surface area (TPSA) is 94.5 Å². The van der Waals surface area contributed by atoms with Crippen LogP contribution in [0.15, 0.2) is 10.3 Å². The molecular weight excluding hydrogens is 263 g/mol. The van der Waals surface area contributed by atoms with Crippen molar-refractivity contribution in [1.82, 2.24) is 0 Å². The van der Waals surface area contributed by atoms with E-state index in [0.29, 0.717) is 11.3 Å². The molecule has 0 fully saturated rings. The summed E-state index contributed by atoms with van der Waals surface area (Å²) in [5.74, 6) is -1.70. The van der Waals surface area contributed by atoms with Crippen LogP contribution in [-0.4, -0.2) is 18.9 Å². The maximum Gasteiger partial charge on any atom is 1.00 e. The van der Waals surface area contributed by atoms with Gasteiger partial charge in [0, 0.05) is 5.56 Å². The third-order valence-corrected chi connectivity index (χ3v) is 3.75. The first-order valence-electron chi connectivity index (χ1n) is 2.80. The fourth-order valence-corrected chi connectivity index (χ4v) is 2.87. The van der Waals surface area contributed by atoms with Crippen molar-refractivity contribution in [3.63, 3.8) is 0 Å². The van der Waals surface area contributed by atoms with Gasteiger partial charge in [-0.25, -0.2) is 0 Å². The van der Waals surface area contributed by atoms with E-state index in [1.165, 1.54) is 0 Å². The number of carbonyl (C=O) groups is 1. The maximum absolute atomic E-state index is 10.6. The van der Waals surface area contributed by atoms with E-state index in [1.54, 1.807) is 0 Å². The van der Waals surface area contributed by atoms with Crippen molar-refractivity contribution >= 4 is 39.0 Å². The van der Waals surface area contributed by atoms with Gasteiger partial charge in [-0.05, 0) is 6.07 Å². The van der Waals surface area contributed by atoms with Crippen LogP contribution in [0.4, 0.5) is 0 Å². The van der Waals surface area contributed by atoms with E-state index in [2.05, 4.69) is 0 Å². The van der Waals surface area contributed by atoms with Crippen molar-refractivity contribution in [2.45, 2.75) is 4.21 Å². The van der Waals surface area contributed by atoms with Crippen LogP contribution in [0.3, 0.4) is 0 Å². The first-order chi connectivity index (χ1) is 5.82. The molecule has 0 unspecified atom stereocenters. The number of hydrogen-bond donors (Lipinski definition) is 1. The summed E-state index contributed by atoms with van der Waals surface area (Å²) in [7, 11) is -4.54. The van der Waals surface area contributed by atoms with E-state index >= 15 is 0 Å². The molecule has 1 rings (SSSR count). The Morgan fingerprint density at radius 3 is 2.36 bits per heavy atom. The molecule has 0 aliphatic heterocycles. The van der Waals surface area contributed by atoms with Gasteiger partial charge in [-0.3, -0.25) is 4.55 Å². The molecule has 0 saturated heterocycles. The van der Waals surface area contributed by atoms with Crippen LogP contribution >= 0.6 is 22.9 Å². The summed E-state index contributed by atoms with van der Waals surface area (Å²) in [5.41, 5.74) is -0.627. The molecule has 0 amide bonds. The van der Waals surface area contributed by atoms with Crippen molar-refractivity contribution in [1.29, 1.82) is 0 Å². The van der Waals surface area contributed by atoms with Crippen molar-refractivity contribution in [3.8, 4) is 0 Å². The van der Waals surface area contributed by atoms with Gasteiger partial charge in [-0.2, -0.15) is 8.42 Å². The summed E-state index contributed by atoms with van der Waals surface area (Å²) >= 11 is 5.82. The molecule has 1 aromatic rings. The predicted octanol–water partition coefficient (Wildman–Crippen LogP) is -2.98. The number of aromatic carboxylic acids is 1. The Morgan fingerprint density at radius 1 is 1.57 bits per heavy atom. The minimum Gasteiger partial charge on any atom is -0.545 e. The molecule has 0 spiro atoms. The van der Waals surface area contributed by atoms with Crippen molar-refractivity contribution in [3.05, 3.63) is 16.0 Å². The van der Waals surface area contributed by atoms with E-state index in [-0.39, 0.29) is 33.9 Å².